The van der Waals surface area contributed by atoms with Crippen LogP contribution in [0.4, 0.5) is 0 Å². The second-order valence-electron chi connectivity index (χ2n) is 12.1. The minimum Gasteiger partial charge on any atom is -0.373 e. The lowest BCUT2D eigenvalue weighted by atomic mass is 9.56. The van der Waals surface area contributed by atoms with E-state index >= 15 is 0 Å². The fourth-order valence-corrected chi connectivity index (χ4v) is 7.77. The van der Waals surface area contributed by atoms with Gasteiger partial charge in [-0.05, 0) is 40.7 Å². The van der Waals surface area contributed by atoms with Crippen LogP contribution in [0.1, 0.15) is 64.9 Å². The second kappa shape index (κ2) is 8.20. The van der Waals surface area contributed by atoms with Gasteiger partial charge in [-0.15, -0.1) is 0 Å². The number of carbonyl (C=O) groups excluding carboxylic acids is 2. The predicted molar refractivity (Wildman–Crippen MR) is 133 cm³/mol. The largest absolute Gasteiger partial charge is 0.373 e. The fraction of sp³-hybridized carbons (Fsp3) is 0.556. The van der Waals surface area contributed by atoms with Crippen LogP contribution in [0.5, 0.6) is 0 Å². The van der Waals surface area contributed by atoms with Gasteiger partial charge in [0.05, 0.1) is 28.9 Å². The van der Waals surface area contributed by atoms with E-state index in [1.54, 1.807) is 24.3 Å². The van der Waals surface area contributed by atoms with E-state index in [0.717, 1.165) is 23.8 Å². The molecule has 8 heteroatoms. The third kappa shape index (κ3) is 4.14. The van der Waals surface area contributed by atoms with E-state index in [1.807, 2.05) is 17.0 Å². The topological polar surface area (TPSA) is 116 Å². The second-order valence-corrected chi connectivity index (χ2v) is 13.8. The van der Waals surface area contributed by atoms with Crippen molar-refractivity contribution in [3.8, 4) is 0 Å². The molecular formula is C27H34N2O5S. The van der Waals surface area contributed by atoms with Crippen LogP contribution in [-0.4, -0.2) is 32.2 Å². The SMILES string of the molecule is CC1(C)CC(=O)[C@H]2C(c3ccc(S(=O)(=O)NN)c4ccccc34)[C@@H]3C(=O)CC(C)(C)C[C@@H]3O[C@H]2C1. The highest BCUT2D eigenvalue weighted by atomic mass is 32.2. The van der Waals surface area contributed by atoms with Crippen LogP contribution in [0, 0.1) is 22.7 Å². The minimum absolute atomic E-state index is 0.0757. The zero-order valence-electron chi connectivity index (χ0n) is 20.7. The van der Waals surface area contributed by atoms with Gasteiger partial charge in [-0.3, -0.25) is 15.4 Å². The van der Waals surface area contributed by atoms with Crippen molar-refractivity contribution in [1.82, 2.24) is 4.83 Å². The number of hydrogen-bond donors (Lipinski definition) is 2. The van der Waals surface area contributed by atoms with E-state index < -0.39 is 21.9 Å². The number of nitrogens with one attached hydrogen (secondary N) is 1. The highest BCUT2D eigenvalue weighted by Crippen LogP contribution is 2.55. The van der Waals surface area contributed by atoms with Gasteiger partial charge in [0.15, 0.2) is 0 Å². The molecule has 188 valence electrons. The first-order chi connectivity index (χ1) is 16.3. The summed E-state index contributed by atoms with van der Waals surface area (Å²) in [6, 6.07) is 10.6. The summed E-state index contributed by atoms with van der Waals surface area (Å²) in [6.45, 7) is 8.37. The molecule has 5 rings (SSSR count). The van der Waals surface area contributed by atoms with Crippen molar-refractivity contribution in [3.63, 3.8) is 0 Å². The standard InChI is InChI=1S/C27H34N2O5S/c1-26(2)11-18(30)24-20(13-26)34-21-14-27(3,4)12-19(31)25(21)23(24)17-9-10-22(35(32,33)29-28)16-8-6-5-7-15(16)17/h5-10,20-21,23-25,29H,11-14,28H2,1-4H3/t20-,21-,24+,25+/m0/s1. The quantitative estimate of drug-likeness (QED) is 0.491. The Morgan fingerprint density at radius 1 is 0.829 bits per heavy atom. The Bertz CT molecular complexity index is 1270. The molecule has 2 saturated carbocycles. The van der Waals surface area contributed by atoms with Crippen LogP contribution >= 0.6 is 0 Å². The highest BCUT2D eigenvalue weighted by Gasteiger charge is 2.57. The molecule has 1 aliphatic heterocycles. The minimum atomic E-state index is -3.90. The summed E-state index contributed by atoms with van der Waals surface area (Å²) in [7, 11) is -3.90. The van der Waals surface area contributed by atoms with Crippen molar-refractivity contribution in [3.05, 3.63) is 42.0 Å². The van der Waals surface area contributed by atoms with E-state index in [-0.39, 0.29) is 45.4 Å². The smallest absolute Gasteiger partial charge is 0.253 e. The maximum atomic E-state index is 13.6. The van der Waals surface area contributed by atoms with E-state index in [4.69, 9.17) is 10.6 Å². The molecule has 3 aliphatic rings. The number of nitrogens with two attached hydrogens (primary N) is 1. The van der Waals surface area contributed by atoms with E-state index in [0.29, 0.717) is 18.2 Å². The third-order valence-electron chi connectivity index (χ3n) is 8.20. The number of sulfonamides is 1. The summed E-state index contributed by atoms with van der Waals surface area (Å²) in [6.07, 6.45) is 1.83. The number of ether oxygens (including phenoxy) is 1. The lowest BCUT2D eigenvalue weighted by Gasteiger charge is -2.54. The van der Waals surface area contributed by atoms with Gasteiger partial charge >= 0.3 is 0 Å². The Balaban J connectivity index is 1.73. The van der Waals surface area contributed by atoms with Crippen molar-refractivity contribution >= 4 is 32.4 Å². The summed E-state index contributed by atoms with van der Waals surface area (Å²) < 4.78 is 31.9. The molecule has 1 heterocycles. The molecular weight excluding hydrogens is 464 g/mol. The van der Waals surface area contributed by atoms with Crippen molar-refractivity contribution < 1.29 is 22.7 Å². The maximum Gasteiger partial charge on any atom is 0.253 e. The van der Waals surface area contributed by atoms with Gasteiger partial charge in [-0.25, -0.2) is 8.42 Å². The number of fused-ring (bicyclic) bond motifs is 3. The van der Waals surface area contributed by atoms with E-state index in [1.165, 1.54) is 0 Å². The molecule has 0 bridgehead atoms. The Morgan fingerprint density at radius 2 is 1.34 bits per heavy atom. The van der Waals surface area contributed by atoms with Crippen molar-refractivity contribution in [2.75, 3.05) is 0 Å². The van der Waals surface area contributed by atoms with Gasteiger partial charge in [0, 0.05) is 24.1 Å². The summed E-state index contributed by atoms with van der Waals surface area (Å²) >= 11 is 0. The normalized spacial score (nSPS) is 32.2. The number of benzene rings is 2. The first-order valence-electron chi connectivity index (χ1n) is 12.3. The van der Waals surface area contributed by atoms with Crippen LogP contribution in [0.25, 0.3) is 10.8 Å². The molecule has 4 atom stereocenters. The first kappa shape index (κ1) is 24.6. The Morgan fingerprint density at radius 3 is 1.86 bits per heavy atom. The monoisotopic (exact) mass is 498 g/mol. The summed E-state index contributed by atoms with van der Waals surface area (Å²) in [5.41, 5.74) is 0.499. The van der Waals surface area contributed by atoms with E-state index in [9.17, 15) is 18.0 Å². The Kier molecular flexibility index (Phi) is 5.75. The first-order valence-corrected chi connectivity index (χ1v) is 13.8. The summed E-state index contributed by atoms with van der Waals surface area (Å²) in [5.74, 6) is 4.34. The van der Waals surface area contributed by atoms with Crippen molar-refractivity contribution in [2.24, 2.45) is 28.5 Å². The van der Waals surface area contributed by atoms with Crippen LogP contribution < -0.4 is 10.7 Å². The number of rotatable bonds is 3. The predicted octanol–water partition coefficient (Wildman–Crippen LogP) is 3.85. The molecule has 0 radical (unpaired) electrons. The average molecular weight is 499 g/mol. The molecule has 0 aromatic heterocycles. The number of hydrogen-bond acceptors (Lipinski definition) is 6. The van der Waals surface area contributed by atoms with Gasteiger partial charge in [0.25, 0.3) is 10.0 Å². The van der Waals surface area contributed by atoms with Gasteiger partial charge < -0.3 is 4.74 Å². The molecule has 35 heavy (non-hydrogen) atoms. The van der Waals surface area contributed by atoms with Crippen molar-refractivity contribution in [2.45, 2.75) is 76.4 Å². The number of carbonyl (C=O) groups is 2. The van der Waals surface area contributed by atoms with Crippen LogP contribution in [0.3, 0.4) is 0 Å². The number of hydrazine groups is 1. The zero-order chi connectivity index (χ0) is 25.3. The fourth-order valence-electron chi connectivity index (χ4n) is 6.93. The van der Waals surface area contributed by atoms with Crippen LogP contribution in [0.2, 0.25) is 0 Å². The summed E-state index contributed by atoms with van der Waals surface area (Å²) in [4.78, 5) is 29.3. The van der Waals surface area contributed by atoms with Crippen LogP contribution in [-0.2, 0) is 24.3 Å². The molecule has 0 spiro atoms. The lowest BCUT2D eigenvalue weighted by molar-refractivity contribution is -0.186. The Labute approximate surface area is 206 Å². The molecule has 2 aliphatic carbocycles. The molecule has 2 aromatic carbocycles. The van der Waals surface area contributed by atoms with Gasteiger partial charge in [-0.1, -0.05) is 58.0 Å². The van der Waals surface area contributed by atoms with Crippen molar-refractivity contribution in [1.29, 1.82) is 0 Å². The van der Waals surface area contributed by atoms with Gasteiger partial charge in [0.2, 0.25) is 0 Å². The highest BCUT2D eigenvalue weighted by molar-refractivity contribution is 7.89. The third-order valence-corrected chi connectivity index (χ3v) is 9.45. The molecule has 7 nitrogen and oxygen atoms in total. The molecule has 2 aromatic rings. The molecule has 0 amide bonds. The summed E-state index contributed by atoms with van der Waals surface area (Å²) in [5, 5.41) is 1.25. The zero-order valence-corrected chi connectivity index (χ0v) is 21.5. The average Bonchev–Trinajstić information content (AvgIpc) is 2.75. The lowest BCUT2D eigenvalue weighted by Crippen LogP contribution is -2.58. The maximum absolute atomic E-state index is 13.6. The molecule has 0 unspecified atom stereocenters. The van der Waals surface area contributed by atoms with E-state index in [2.05, 4.69) is 27.7 Å². The Hall–Kier alpha value is -2.13. The number of ketones is 2. The molecule has 1 saturated heterocycles. The number of Topliss-reactive ketones (excluding diaryl/α,β-unsaturated/α-hetero) is 2. The van der Waals surface area contributed by atoms with Gasteiger partial charge in [0.1, 0.15) is 11.6 Å². The van der Waals surface area contributed by atoms with Crippen LogP contribution in [0.15, 0.2) is 41.3 Å². The molecule has 3 fully saturated rings. The molecule has 3 N–H and O–H groups in total. The van der Waals surface area contributed by atoms with Gasteiger partial charge in [-0.2, -0.15) is 4.83 Å².